The Morgan fingerprint density at radius 2 is 2.15 bits per heavy atom. The van der Waals surface area contributed by atoms with Gasteiger partial charge < -0.3 is 15.0 Å². The van der Waals surface area contributed by atoms with E-state index in [4.69, 9.17) is 4.74 Å². The molecule has 1 saturated carbocycles. The number of rotatable bonds is 3. The van der Waals surface area contributed by atoms with E-state index in [2.05, 4.69) is 51.5 Å². The van der Waals surface area contributed by atoms with E-state index in [1.165, 1.54) is 17.7 Å². The molecule has 1 N–H and O–H groups in total. The number of hydrogen-bond acceptors (Lipinski definition) is 4. The van der Waals surface area contributed by atoms with E-state index in [0.29, 0.717) is 18.1 Å². The number of nitrogens with zero attached hydrogens (tertiary/aromatic N) is 3. The topological polar surface area (TPSA) is 40.1 Å². The maximum atomic E-state index is 6.05. The molecule has 1 aliphatic carbocycles. The molecule has 5 nitrogen and oxygen atoms in total. The van der Waals surface area contributed by atoms with Crippen molar-refractivity contribution in [3.05, 3.63) is 22.4 Å². The smallest absolute Gasteiger partial charge is 0.193 e. The van der Waals surface area contributed by atoms with Crippen LogP contribution in [-0.2, 0) is 11.3 Å². The first-order chi connectivity index (χ1) is 12.6. The fourth-order valence-corrected chi connectivity index (χ4v) is 5.74. The Kier molecular flexibility index (Phi) is 5.26. The van der Waals surface area contributed by atoms with Crippen molar-refractivity contribution in [2.75, 3.05) is 39.8 Å². The van der Waals surface area contributed by atoms with Gasteiger partial charge in [-0.1, -0.05) is 19.9 Å². The normalized spacial score (nSPS) is 32.0. The van der Waals surface area contributed by atoms with Gasteiger partial charge in [-0.25, -0.2) is 0 Å². The molecule has 0 bridgehead atoms. The Balaban J connectivity index is 1.32. The zero-order chi connectivity index (χ0) is 18.1. The van der Waals surface area contributed by atoms with Gasteiger partial charge in [0.2, 0.25) is 0 Å². The average Bonchev–Trinajstić information content (AvgIpc) is 3.16. The summed E-state index contributed by atoms with van der Waals surface area (Å²) in [5.74, 6) is 1.71. The maximum absolute atomic E-state index is 6.05. The lowest BCUT2D eigenvalue weighted by Crippen LogP contribution is -2.71. The number of fused-ring (bicyclic) bond motifs is 1. The summed E-state index contributed by atoms with van der Waals surface area (Å²) in [6.07, 6.45) is 2.88. The number of guanidine groups is 1. The van der Waals surface area contributed by atoms with Gasteiger partial charge in [0, 0.05) is 68.6 Å². The van der Waals surface area contributed by atoms with E-state index < -0.39 is 0 Å². The molecule has 0 radical (unpaired) electrons. The van der Waals surface area contributed by atoms with Gasteiger partial charge in [-0.05, 0) is 24.3 Å². The lowest BCUT2D eigenvalue weighted by molar-refractivity contribution is -0.188. The van der Waals surface area contributed by atoms with Gasteiger partial charge in [-0.15, -0.1) is 11.3 Å². The maximum Gasteiger partial charge on any atom is 0.193 e. The number of nitrogens with one attached hydrogen (secondary N) is 1. The average molecular weight is 377 g/mol. The molecule has 3 unspecified atom stereocenters. The van der Waals surface area contributed by atoms with Gasteiger partial charge in [0.15, 0.2) is 5.96 Å². The molecule has 0 spiro atoms. The Bertz CT molecular complexity index is 622. The monoisotopic (exact) mass is 376 g/mol. The van der Waals surface area contributed by atoms with Crippen molar-refractivity contribution in [3.8, 4) is 0 Å². The van der Waals surface area contributed by atoms with Crippen molar-refractivity contribution in [2.45, 2.75) is 45.4 Å². The summed E-state index contributed by atoms with van der Waals surface area (Å²) in [5, 5.41) is 5.97. The molecule has 3 heterocycles. The van der Waals surface area contributed by atoms with Gasteiger partial charge in [0.05, 0.1) is 6.10 Å². The van der Waals surface area contributed by atoms with E-state index in [9.17, 15) is 0 Å². The van der Waals surface area contributed by atoms with E-state index in [-0.39, 0.29) is 5.41 Å². The second-order valence-corrected chi connectivity index (χ2v) is 9.46. The first-order valence-electron chi connectivity index (χ1n) is 9.94. The highest BCUT2D eigenvalue weighted by molar-refractivity contribution is 7.09. The van der Waals surface area contributed by atoms with Crippen LogP contribution in [0.3, 0.4) is 0 Å². The fraction of sp³-hybridized carbons (Fsp3) is 0.750. The Morgan fingerprint density at radius 3 is 2.85 bits per heavy atom. The molecule has 2 saturated heterocycles. The van der Waals surface area contributed by atoms with Crippen molar-refractivity contribution in [2.24, 2.45) is 16.3 Å². The van der Waals surface area contributed by atoms with Gasteiger partial charge in [-0.2, -0.15) is 0 Å². The van der Waals surface area contributed by atoms with Gasteiger partial charge in [-0.3, -0.25) is 9.89 Å². The van der Waals surface area contributed by atoms with Crippen molar-refractivity contribution < 1.29 is 4.74 Å². The minimum absolute atomic E-state index is 0.183. The zero-order valence-electron chi connectivity index (χ0n) is 16.3. The summed E-state index contributed by atoms with van der Waals surface area (Å²) in [4.78, 5) is 11.0. The van der Waals surface area contributed by atoms with Crippen LogP contribution in [0.4, 0.5) is 0 Å². The summed E-state index contributed by atoms with van der Waals surface area (Å²) in [7, 11) is 1.92. The number of ether oxygens (including phenoxy) is 1. The summed E-state index contributed by atoms with van der Waals surface area (Å²) >= 11 is 1.85. The summed E-state index contributed by atoms with van der Waals surface area (Å²) in [6, 6.07) is 4.85. The molecule has 3 atom stereocenters. The van der Waals surface area contributed by atoms with Crippen molar-refractivity contribution >= 4 is 17.3 Å². The molecule has 3 aliphatic rings. The predicted octanol–water partition coefficient (Wildman–Crippen LogP) is 2.64. The van der Waals surface area contributed by atoms with Crippen LogP contribution in [0.15, 0.2) is 22.5 Å². The first-order valence-corrected chi connectivity index (χ1v) is 10.8. The highest BCUT2D eigenvalue weighted by Crippen LogP contribution is 2.51. The van der Waals surface area contributed by atoms with Crippen LogP contribution in [0.2, 0.25) is 0 Å². The van der Waals surface area contributed by atoms with Crippen LogP contribution in [0, 0.1) is 11.3 Å². The Labute approximate surface area is 161 Å². The molecule has 3 fully saturated rings. The zero-order valence-corrected chi connectivity index (χ0v) is 17.1. The van der Waals surface area contributed by atoms with Crippen LogP contribution in [0.5, 0.6) is 0 Å². The van der Waals surface area contributed by atoms with E-state index in [0.717, 1.165) is 45.3 Å². The largest absolute Gasteiger partial charge is 0.377 e. The van der Waals surface area contributed by atoms with Crippen molar-refractivity contribution in [1.29, 1.82) is 0 Å². The van der Waals surface area contributed by atoms with Crippen LogP contribution in [0.1, 0.15) is 31.6 Å². The number of piperazine rings is 1. The summed E-state index contributed by atoms with van der Waals surface area (Å²) in [5.41, 5.74) is 0.183. The molecule has 144 valence electrons. The Hall–Kier alpha value is -1.11. The van der Waals surface area contributed by atoms with Crippen molar-refractivity contribution in [1.82, 2.24) is 15.1 Å². The summed E-state index contributed by atoms with van der Waals surface area (Å²) in [6.45, 7) is 11.0. The Morgan fingerprint density at radius 1 is 1.35 bits per heavy atom. The molecule has 6 heteroatoms. The lowest BCUT2D eigenvalue weighted by Gasteiger charge is -2.60. The molecule has 0 amide bonds. The van der Waals surface area contributed by atoms with Crippen LogP contribution in [0.25, 0.3) is 0 Å². The molecular formula is C20H32N4OS. The third-order valence-corrected chi connectivity index (χ3v) is 7.32. The van der Waals surface area contributed by atoms with Crippen LogP contribution < -0.4 is 5.32 Å². The third-order valence-electron chi connectivity index (χ3n) is 6.46. The SMILES string of the molecule is CN=C(NC1C2CCCOC2C1(C)C)N1CCN(Cc2cccs2)CC1. The van der Waals surface area contributed by atoms with Gasteiger partial charge in [0.1, 0.15) is 0 Å². The quantitative estimate of drug-likeness (QED) is 0.650. The highest BCUT2D eigenvalue weighted by atomic mass is 32.1. The standard InChI is InChI=1S/C20H32N4OS/c1-20(2)17(16-7-4-12-25-18(16)20)22-19(21-3)24-10-8-23(9-11-24)14-15-6-5-13-26-15/h5-6,13,16-18H,4,7-12,14H2,1-3H3,(H,21,22). The highest BCUT2D eigenvalue weighted by Gasteiger charge is 2.58. The minimum Gasteiger partial charge on any atom is -0.377 e. The van der Waals surface area contributed by atoms with E-state index >= 15 is 0 Å². The second kappa shape index (κ2) is 7.49. The lowest BCUT2D eigenvalue weighted by atomic mass is 9.55. The molecular weight excluding hydrogens is 344 g/mol. The van der Waals surface area contributed by atoms with Crippen LogP contribution >= 0.6 is 11.3 Å². The number of aliphatic imine (C=N–C) groups is 1. The van der Waals surface area contributed by atoms with Crippen LogP contribution in [-0.4, -0.2) is 67.7 Å². The third kappa shape index (κ3) is 3.39. The van der Waals surface area contributed by atoms with Gasteiger partial charge in [0.25, 0.3) is 0 Å². The molecule has 0 aromatic carbocycles. The molecule has 1 aromatic rings. The predicted molar refractivity (Wildman–Crippen MR) is 108 cm³/mol. The fourth-order valence-electron chi connectivity index (χ4n) is 4.99. The van der Waals surface area contributed by atoms with Gasteiger partial charge >= 0.3 is 0 Å². The molecule has 2 aliphatic heterocycles. The molecule has 1 aromatic heterocycles. The molecule has 4 rings (SSSR count). The van der Waals surface area contributed by atoms with E-state index in [1.54, 1.807) is 0 Å². The minimum atomic E-state index is 0.183. The number of hydrogen-bond donors (Lipinski definition) is 1. The van der Waals surface area contributed by atoms with E-state index in [1.807, 2.05) is 18.4 Å². The van der Waals surface area contributed by atoms with Crippen molar-refractivity contribution in [3.63, 3.8) is 0 Å². The second-order valence-electron chi connectivity index (χ2n) is 8.43. The first kappa shape index (κ1) is 18.3. The molecule has 26 heavy (non-hydrogen) atoms. The summed E-state index contributed by atoms with van der Waals surface area (Å²) < 4.78 is 6.05. The number of thiophene rings is 1.